The molecule has 0 spiro atoms. The molecule has 0 radical (unpaired) electrons. The summed E-state index contributed by atoms with van der Waals surface area (Å²) < 4.78 is 6.19. The molecular weight excluding hydrogens is 447 g/mol. The van der Waals surface area contributed by atoms with Crippen molar-refractivity contribution in [3.63, 3.8) is 0 Å². The molecule has 3 aromatic rings. The van der Waals surface area contributed by atoms with E-state index in [2.05, 4.69) is 5.10 Å². The van der Waals surface area contributed by atoms with Crippen LogP contribution in [-0.2, 0) is 4.79 Å². The van der Waals surface area contributed by atoms with E-state index in [1.165, 1.54) is 16.8 Å². The van der Waals surface area contributed by atoms with Crippen LogP contribution < -0.4 is 0 Å². The summed E-state index contributed by atoms with van der Waals surface area (Å²) in [6.07, 6.45) is 3.24. The number of rotatable bonds is 4. The summed E-state index contributed by atoms with van der Waals surface area (Å²) in [6.45, 7) is 0. The van der Waals surface area contributed by atoms with Gasteiger partial charge in [0.25, 0.3) is 5.91 Å². The second kappa shape index (κ2) is 8.55. The second-order valence-electron chi connectivity index (χ2n) is 5.97. The van der Waals surface area contributed by atoms with Crippen LogP contribution in [-0.4, -0.2) is 21.5 Å². The summed E-state index contributed by atoms with van der Waals surface area (Å²) in [6, 6.07) is 18.2. The number of carbonyl (C=O) groups excluding carboxylic acids is 1. The topological polar surface area (TPSA) is 45.8 Å². The molecular formula is C21H12Cl2N2O2S2. The highest BCUT2D eigenvalue weighted by atomic mass is 35.5. The summed E-state index contributed by atoms with van der Waals surface area (Å²) in [5, 5.41) is 6.46. The van der Waals surface area contributed by atoms with E-state index >= 15 is 0 Å². The molecule has 0 atom stereocenters. The number of amides is 1. The third-order valence-electron chi connectivity index (χ3n) is 3.99. The molecule has 1 amide bonds. The van der Waals surface area contributed by atoms with Gasteiger partial charge >= 0.3 is 0 Å². The third kappa shape index (κ3) is 4.46. The number of benzene rings is 2. The summed E-state index contributed by atoms with van der Waals surface area (Å²) in [5.41, 5.74) is 1.59. The van der Waals surface area contributed by atoms with Crippen LogP contribution in [0.1, 0.15) is 11.3 Å². The van der Waals surface area contributed by atoms with Crippen molar-refractivity contribution in [2.75, 3.05) is 0 Å². The molecule has 4 rings (SSSR count). The van der Waals surface area contributed by atoms with Crippen molar-refractivity contribution in [2.24, 2.45) is 5.10 Å². The number of hydrazone groups is 1. The number of hydrogen-bond acceptors (Lipinski definition) is 5. The van der Waals surface area contributed by atoms with Crippen LogP contribution in [0.4, 0.5) is 0 Å². The fourth-order valence-corrected chi connectivity index (χ4v) is 4.27. The number of hydrogen-bond donors (Lipinski definition) is 0. The van der Waals surface area contributed by atoms with E-state index < -0.39 is 0 Å². The summed E-state index contributed by atoms with van der Waals surface area (Å²) >= 11 is 18.6. The molecule has 0 N–H and O–H groups in total. The Morgan fingerprint density at radius 3 is 2.62 bits per heavy atom. The Hall–Kier alpha value is -2.38. The molecule has 4 nitrogen and oxygen atoms in total. The Bertz CT molecular complexity index is 1160. The molecule has 0 saturated carbocycles. The van der Waals surface area contributed by atoms with E-state index in [0.717, 1.165) is 11.1 Å². The van der Waals surface area contributed by atoms with Gasteiger partial charge in [-0.15, -0.1) is 0 Å². The Morgan fingerprint density at radius 2 is 1.86 bits per heavy atom. The molecule has 144 valence electrons. The molecule has 1 saturated heterocycles. The van der Waals surface area contributed by atoms with Crippen molar-refractivity contribution in [1.82, 2.24) is 5.01 Å². The van der Waals surface area contributed by atoms with Gasteiger partial charge in [0.1, 0.15) is 11.5 Å². The van der Waals surface area contributed by atoms with Gasteiger partial charge in [-0.3, -0.25) is 4.79 Å². The van der Waals surface area contributed by atoms with Gasteiger partial charge in [0, 0.05) is 16.7 Å². The molecule has 1 aliphatic heterocycles. The molecule has 1 aromatic heterocycles. The minimum absolute atomic E-state index is 0.297. The Morgan fingerprint density at radius 1 is 1.07 bits per heavy atom. The van der Waals surface area contributed by atoms with Crippen molar-refractivity contribution >= 4 is 69.7 Å². The van der Waals surface area contributed by atoms with Crippen molar-refractivity contribution in [1.29, 1.82) is 0 Å². The first-order valence-corrected chi connectivity index (χ1v) is 10.4. The van der Waals surface area contributed by atoms with Gasteiger partial charge < -0.3 is 4.42 Å². The Labute approximate surface area is 186 Å². The van der Waals surface area contributed by atoms with Crippen molar-refractivity contribution < 1.29 is 9.21 Å². The van der Waals surface area contributed by atoms with Gasteiger partial charge in [0.05, 0.1) is 16.1 Å². The van der Waals surface area contributed by atoms with Gasteiger partial charge in [-0.05, 0) is 48.1 Å². The third-order valence-corrected chi connectivity index (χ3v) is 5.82. The van der Waals surface area contributed by atoms with Crippen LogP contribution in [0.15, 0.2) is 75.1 Å². The maximum atomic E-state index is 12.7. The lowest BCUT2D eigenvalue weighted by atomic mass is 10.2. The smallest absolute Gasteiger partial charge is 0.286 e. The number of furan rings is 1. The maximum Gasteiger partial charge on any atom is 0.286 e. The van der Waals surface area contributed by atoms with Crippen molar-refractivity contribution in [3.8, 4) is 11.3 Å². The van der Waals surface area contributed by atoms with Crippen LogP contribution in [0.3, 0.4) is 0 Å². The normalized spacial score (nSPS) is 15.8. The zero-order chi connectivity index (χ0) is 20.4. The lowest BCUT2D eigenvalue weighted by Gasteiger charge is -2.05. The first kappa shape index (κ1) is 19.9. The Kier molecular flexibility index (Phi) is 5.87. The first-order chi connectivity index (χ1) is 14.0. The van der Waals surface area contributed by atoms with Crippen LogP contribution in [0.2, 0.25) is 10.0 Å². The van der Waals surface area contributed by atoms with E-state index in [1.807, 2.05) is 30.3 Å². The number of thiocarbonyl (C=S) groups is 1. The maximum absolute atomic E-state index is 12.7. The second-order valence-corrected chi connectivity index (χ2v) is 8.49. The van der Waals surface area contributed by atoms with Crippen molar-refractivity contribution in [3.05, 3.63) is 86.9 Å². The summed E-state index contributed by atoms with van der Waals surface area (Å²) in [7, 11) is 0. The predicted octanol–water partition coefficient (Wildman–Crippen LogP) is 6.49. The van der Waals surface area contributed by atoms with Gasteiger partial charge in [0.15, 0.2) is 4.32 Å². The first-order valence-electron chi connectivity index (χ1n) is 8.43. The molecule has 0 bridgehead atoms. The van der Waals surface area contributed by atoms with E-state index in [-0.39, 0.29) is 5.91 Å². The fourth-order valence-electron chi connectivity index (χ4n) is 2.62. The average Bonchev–Trinajstić information content (AvgIpc) is 3.26. The highest BCUT2D eigenvalue weighted by molar-refractivity contribution is 8.26. The lowest BCUT2D eigenvalue weighted by molar-refractivity contribution is -0.122. The monoisotopic (exact) mass is 458 g/mol. The molecule has 8 heteroatoms. The van der Waals surface area contributed by atoms with E-state index in [9.17, 15) is 4.79 Å². The minimum Gasteiger partial charge on any atom is -0.457 e. The molecule has 2 aromatic carbocycles. The molecule has 1 aliphatic rings. The van der Waals surface area contributed by atoms with E-state index in [4.69, 9.17) is 39.8 Å². The fraction of sp³-hybridized carbons (Fsp3) is 0. The van der Waals surface area contributed by atoms with E-state index in [0.29, 0.717) is 30.8 Å². The lowest BCUT2D eigenvalue weighted by Crippen LogP contribution is -2.22. The van der Waals surface area contributed by atoms with Crippen molar-refractivity contribution in [2.45, 2.75) is 0 Å². The number of thioether (sulfide) groups is 1. The zero-order valence-electron chi connectivity index (χ0n) is 14.7. The largest absolute Gasteiger partial charge is 0.457 e. The Balaban J connectivity index is 1.55. The van der Waals surface area contributed by atoms with Crippen LogP contribution in [0.5, 0.6) is 0 Å². The van der Waals surface area contributed by atoms with Crippen LogP contribution in [0, 0.1) is 0 Å². The highest BCUT2D eigenvalue weighted by Gasteiger charge is 2.32. The minimum atomic E-state index is -0.297. The molecule has 29 heavy (non-hydrogen) atoms. The van der Waals surface area contributed by atoms with Gasteiger partial charge in [0.2, 0.25) is 0 Å². The predicted molar refractivity (Wildman–Crippen MR) is 123 cm³/mol. The molecule has 1 fully saturated rings. The number of carbonyl (C=O) groups is 1. The van der Waals surface area contributed by atoms with Gasteiger partial charge in [-0.1, -0.05) is 65.3 Å². The standard InChI is InChI=1S/C21H12Cl2N2O2S2/c22-14-6-8-16(17(23)10-14)18-9-7-15(27-18)11-19-20(26)25(21(28)29-19)24-12-13-4-2-1-3-5-13/h1-12H/b19-11+,24-12-. The zero-order valence-corrected chi connectivity index (χ0v) is 17.9. The molecule has 0 aliphatic carbocycles. The van der Waals surface area contributed by atoms with Crippen LogP contribution >= 0.6 is 47.2 Å². The van der Waals surface area contributed by atoms with Crippen LogP contribution in [0.25, 0.3) is 17.4 Å². The van der Waals surface area contributed by atoms with E-state index in [1.54, 1.807) is 42.6 Å². The van der Waals surface area contributed by atoms with Gasteiger partial charge in [-0.2, -0.15) is 10.1 Å². The molecule has 2 heterocycles. The van der Waals surface area contributed by atoms with Gasteiger partial charge in [-0.25, -0.2) is 0 Å². The molecule has 0 unspecified atom stereocenters. The SMILES string of the molecule is O=C1/C(=C\c2ccc(-c3ccc(Cl)cc3Cl)o2)SC(=S)N1/N=C\c1ccccc1. The quantitative estimate of drug-likeness (QED) is 0.254. The number of nitrogens with zero attached hydrogens (tertiary/aromatic N) is 2. The summed E-state index contributed by atoms with van der Waals surface area (Å²) in [5.74, 6) is 0.795. The highest BCUT2D eigenvalue weighted by Crippen LogP contribution is 2.35. The average molecular weight is 459 g/mol. The summed E-state index contributed by atoms with van der Waals surface area (Å²) in [4.78, 5) is 13.1. The number of halogens is 2.